The number of benzene rings is 1. The normalized spacial score (nSPS) is 14.4. The molecule has 1 aromatic heterocycles. The topological polar surface area (TPSA) is 72.9 Å². The fraction of sp³-hybridized carbons (Fsp3) is 0.429. The summed E-state index contributed by atoms with van der Waals surface area (Å²) in [5.41, 5.74) is 1.08. The van der Waals surface area contributed by atoms with Gasteiger partial charge in [0.15, 0.2) is 11.5 Å². The first-order valence-corrected chi connectivity index (χ1v) is 9.51. The van der Waals surface area contributed by atoms with Crippen LogP contribution < -0.4 is 19.5 Å². The molecule has 1 saturated heterocycles. The maximum atomic E-state index is 12.4. The van der Waals surface area contributed by atoms with Gasteiger partial charge in [-0.25, -0.2) is 9.78 Å². The molecule has 1 fully saturated rings. The zero-order chi connectivity index (χ0) is 19.8. The van der Waals surface area contributed by atoms with E-state index >= 15 is 0 Å². The molecular weight excluding hydrogens is 358 g/mol. The fourth-order valence-corrected chi connectivity index (χ4v) is 3.23. The van der Waals surface area contributed by atoms with Crippen molar-refractivity contribution in [2.75, 3.05) is 33.9 Å². The molecule has 2 aromatic rings. The number of carbonyl (C=O) groups is 1. The van der Waals surface area contributed by atoms with Gasteiger partial charge in [-0.05, 0) is 30.2 Å². The van der Waals surface area contributed by atoms with Gasteiger partial charge >= 0.3 is 6.03 Å². The van der Waals surface area contributed by atoms with Crippen LogP contribution in [0.15, 0.2) is 42.6 Å². The molecule has 28 heavy (non-hydrogen) atoms. The van der Waals surface area contributed by atoms with Gasteiger partial charge in [-0.3, -0.25) is 0 Å². The molecule has 3 rings (SSSR count). The van der Waals surface area contributed by atoms with Gasteiger partial charge in [-0.2, -0.15) is 0 Å². The summed E-state index contributed by atoms with van der Waals surface area (Å²) in [5, 5.41) is 2.99. The Morgan fingerprint density at radius 2 is 1.93 bits per heavy atom. The highest BCUT2D eigenvalue weighted by atomic mass is 16.5. The van der Waals surface area contributed by atoms with E-state index in [1.807, 2.05) is 41.3 Å². The Balaban J connectivity index is 1.40. The summed E-state index contributed by atoms with van der Waals surface area (Å²) in [6.07, 6.45) is 4.16. The van der Waals surface area contributed by atoms with Gasteiger partial charge < -0.3 is 24.4 Å². The molecule has 1 N–H and O–H groups in total. The molecule has 0 spiro atoms. The summed E-state index contributed by atoms with van der Waals surface area (Å²) in [5.74, 6) is 2.03. The van der Waals surface area contributed by atoms with Crippen LogP contribution in [0.3, 0.4) is 0 Å². The van der Waals surface area contributed by atoms with Crippen molar-refractivity contribution in [1.29, 1.82) is 0 Å². The molecular formula is C21H27N3O4. The molecule has 150 valence electrons. The van der Waals surface area contributed by atoms with Crippen LogP contribution in [0.4, 0.5) is 4.79 Å². The van der Waals surface area contributed by atoms with E-state index in [2.05, 4.69) is 10.3 Å². The Bertz CT molecular complexity index is 762. The lowest BCUT2D eigenvalue weighted by atomic mass is 10.1. The van der Waals surface area contributed by atoms with Gasteiger partial charge in [-0.1, -0.05) is 12.1 Å². The van der Waals surface area contributed by atoms with E-state index in [1.54, 1.807) is 20.4 Å². The zero-order valence-electron chi connectivity index (χ0n) is 16.4. The fourth-order valence-electron chi connectivity index (χ4n) is 3.23. The SMILES string of the molecule is COc1ccc(CCNC(=O)N2CCC(Oc3ccccn3)CC2)cc1OC. The van der Waals surface area contributed by atoms with Crippen LogP contribution in [-0.4, -0.2) is 55.9 Å². The van der Waals surface area contributed by atoms with E-state index in [0.717, 1.165) is 24.8 Å². The number of rotatable bonds is 7. The van der Waals surface area contributed by atoms with E-state index in [4.69, 9.17) is 14.2 Å². The highest BCUT2D eigenvalue weighted by molar-refractivity contribution is 5.74. The molecule has 0 unspecified atom stereocenters. The number of nitrogens with zero attached hydrogens (tertiary/aromatic N) is 2. The van der Waals surface area contributed by atoms with Gasteiger partial charge in [0.1, 0.15) is 6.10 Å². The number of methoxy groups -OCH3 is 2. The molecule has 2 amide bonds. The Labute approximate surface area is 165 Å². The van der Waals surface area contributed by atoms with Crippen LogP contribution in [0.2, 0.25) is 0 Å². The van der Waals surface area contributed by atoms with Crippen molar-refractivity contribution in [3.05, 3.63) is 48.2 Å². The lowest BCUT2D eigenvalue weighted by Gasteiger charge is -2.31. The highest BCUT2D eigenvalue weighted by Gasteiger charge is 2.24. The van der Waals surface area contributed by atoms with Crippen LogP contribution >= 0.6 is 0 Å². The number of pyridine rings is 1. The number of amides is 2. The maximum Gasteiger partial charge on any atom is 0.317 e. The average Bonchev–Trinajstić information content (AvgIpc) is 2.74. The van der Waals surface area contributed by atoms with E-state index in [-0.39, 0.29) is 12.1 Å². The van der Waals surface area contributed by atoms with Gasteiger partial charge in [0.05, 0.1) is 14.2 Å². The number of aromatic nitrogens is 1. The Hall–Kier alpha value is -2.96. The lowest BCUT2D eigenvalue weighted by Crippen LogP contribution is -2.46. The lowest BCUT2D eigenvalue weighted by molar-refractivity contribution is 0.107. The molecule has 0 aliphatic carbocycles. The van der Waals surface area contributed by atoms with Crippen LogP contribution in [-0.2, 0) is 6.42 Å². The van der Waals surface area contributed by atoms with Crippen LogP contribution in [0.25, 0.3) is 0 Å². The number of piperidine rings is 1. The molecule has 1 aliphatic rings. The number of carbonyl (C=O) groups excluding carboxylic acids is 1. The summed E-state index contributed by atoms with van der Waals surface area (Å²) in [6.45, 7) is 1.93. The molecule has 2 heterocycles. The predicted octanol–water partition coefficient (Wildman–Crippen LogP) is 2.89. The molecule has 1 aliphatic heterocycles. The smallest absolute Gasteiger partial charge is 0.317 e. The first-order valence-electron chi connectivity index (χ1n) is 9.51. The Morgan fingerprint density at radius 3 is 2.61 bits per heavy atom. The van der Waals surface area contributed by atoms with Gasteiger partial charge in [0, 0.05) is 44.7 Å². The number of hydrogen-bond donors (Lipinski definition) is 1. The van der Waals surface area contributed by atoms with Gasteiger partial charge in [0.2, 0.25) is 5.88 Å². The quantitative estimate of drug-likeness (QED) is 0.793. The Kier molecular flexibility index (Phi) is 6.94. The molecule has 0 bridgehead atoms. The third-order valence-corrected chi connectivity index (χ3v) is 4.79. The van der Waals surface area contributed by atoms with Crippen LogP contribution in [0, 0.1) is 0 Å². The number of urea groups is 1. The molecule has 0 atom stereocenters. The summed E-state index contributed by atoms with van der Waals surface area (Å²) < 4.78 is 16.4. The second kappa shape index (κ2) is 9.82. The first kappa shape index (κ1) is 19.8. The van der Waals surface area contributed by atoms with E-state index in [1.165, 1.54) is 0 Å². The highest BCUT2D eigenvalue weighted by Crippen LogP contribution is 2.27. The van der Waals surface area contributed by atoms with Crippen molar-refractivity contribution in [2.24, 2.45) is 0 Å². The van der Waals surface area contributed by atoms with E-state index < -0.39 is 0 Å². The van der Waals surface area contributed by atoms with Crippen molar-refractivity contribution in [1.82, 2.24) is 15.2 Å². The molecule has 7 nitrogen and oxygen atoms in total. The van der Waals surface area contributed by atoms with Crippen LogP contribution in [0.5, 0.6) is 17.4 Å². The molecule has 7 heteroatoms. The zero-order valence-corrected chi connectivity index (χ0v) is 16.4. The first-order chi connectivity index (χ1) is 13.7. The van der Waals surface area contributed by atoms with Gasteiger partial charge in [0.25, 0.3) is 0 Å². The standard InChI is InChI=1S/C21H27N3O4/c1-26-18-7-6-16(15-19(18)27-2)8-12-23-21(25)24-13-9-17(10-14-24)28-20-5-3-4-11-22-20/h3-7,11,15,17H,8-10,12-14H2,1-2H3,(H,23,25). The summed E-state index contributed by atoms with van der Waals surface area (Å²) >= 11 is 0. The van der Waals surface area contributed by atoms with E-state index in [0.29, 0.717) is 37.0 Å². The molecule has 0 radical (unpaired) electrons. The summed E-state index contributed by atoms with van der Waals surface area (Å²) in [6, 6.07) is 11.4. The van der Waals surface area contributed by atoms with Gasteiger partial charge in [-0.15, -0.1) is 0 Å². The third kappa shape index (κ3) is 5.28. The van der Waals surface area contributed by atoms with Crippen molar-refractivity contribution in [3.8, 4) is 17.4 Å². The average molecular weight is 385 g/mol. The van der Waals surface area contributed by atoms with Crippen molar-refractivity contribution in [2.45, 2.75) is 25.4 Å². The summed E-state index contributed by atoms with van der Waals surface area (Å²) in [7, 11) is 3.23. The second-order valence-corrected chi connectivity index (χ2v) is 6.64. The minimum absolute atomic E-state index is 0.0308. The minimum atomic E-state index is -0.0308. The van der Waals surface area contributed by atoms with Crippen molar-refractivity contribution >= 4 is 6.03 Å². The molecule has 1 aromatic carbocycles. The third-order valence-electron chi connectivity index (χ3n) is 4.79. The maximum absolute atomic E-state index is 12.4. The number of ether oxygens (including phenoxy) is 3. The van der Waals surface area contributed by atoms with Crippen molar-refractivity contribution in [3.63, 3.8) is 0 Å². The Morgan fingerprint density at radius 1 is 1.14 bits per heavy atom. The monoisotopic (exact) mass is 385 g/mol. The minimum Gasteiger partial charge on any atom is -0.493 e. The largest absolute Gasteiger partial charge is 0.493 e. The predicted molar refractivity (Wildman–Crippen MR) is 106 cm³/mol. The van der Waals surface area contributed by atoms with Crippen LogP contribution in [0.1, 0.15) is 18.4 Å². The molecule has 0 saturated carbocycles. The summed E-state index contributed by atoms with van der Waals surface area (Å²) in [4.78, 5) is 18.4. The second-order valence-electron chi connectivity index (χ2n) is 6.64. The van der Waals surface area contributed by atoms with Crippen molar-refractivity contribution < 1.29 is 19.0 Å². The number of likely N-dealkylation sites (tertiary alicyclic amines) is 1. The van der Waals surface area contributed by atoms with E-state index in [9.17, 15) is 4.79 Å². The number of nitrogens with one attached hydrogen (secondary N) is 1. The number of hydrogen-bond acceptors (Lipinski definition) is 5.